The topological polar surface area (TPSA) is 46.2 Å². The van der Waals surface area contributed by atoms with Gasteiger partial charge in [-0.05, 0) is 6.92 Å². The Morgan fingerprint density at radius 1 is 1.00 bits per heavy atom. The van der Waals surface area contributed by atoms with Crippen LogP contribution in [0.1, 0.15) is 18.8 Å². The van der Waals surface area contributed by atoms with Gasteiger partial charge in [0, 0.05) is 19.8 Å². The Morgan fingerprint density at radius 3 is 2.38 bits per heavy atom. The van der Waals surface area contributed by atoms with Crippen molar-refractivity contribution in [1.82, 2.24) is 0 Å². The highest BCUT2D eigenvalue weighted by molar-refractivity contribution is 5.16. The van der Waals surface area contributed by atoms with E-state index in [1.165, 1.54) is 0 Å². The van der Waals surface area contributed by atoms with E-state index < -0.39 is 0 Å². The zero-order valence-corrected chi connectivity index (χ0v) is 12.6. The van der Waals surface area contributed by atoms with Gasteiger partial charge in [-0.25, -0.2) is 0 Å². The van der Waals surface area contributed by atoms with Gasteiger partial charge in [0.25, 0.3) is 0 Å². The molecule has 6 atom stereocenters. The van der Waals surface area contributed by atoms with E-state index in [1.54, 1.807) is 14.2 Å². The van der Waals surface area contributed by atoms with Crippen LogP contribution >= 0.6 is 0 Å². The maximum Gasteiger partial charge on any atom is 0.184 e. The zero-order chi connectivity index (χ0) is 14.8. The largest absolute Gasteiger partial charge is 0.376 e. The minimum atomic E-state index is -0.389. The number of rotatable bonds is 3. The first-order chi connectivity index (χ1) is 10.2. The molecule has 5 heteroatoms. The van der Waals surface area contributed by atoms with Gasteiger partial charge in [0.1, 0.15) is 24.4 Å². The van der Waals surface area contributed by atoms with Gasteiger partial charge in [-0.3, -0.25) is 0 Å². The van der Waals surface area contributed by atoms with Crippen LogP contribution in [0.25, 0.3) is 0 Å². The summed E-state index contributed by atoms with van der Waals surface area (Å²) in [5, 5.41) is 0. The molecule has 5 nitrogen and oxygen atoms in total. The third-order valence-electron chi connectivity index (χ3n) is 4.17. The molecule has 2 aliphatic heterocycles. The van der Waals surface area contributed by atoms with Gasteiger partial charge in [0.15, 0.2) is 6.29 Å². The molecule has 0 bridgehead atoms. The monoisotopic (exact) mass is 294 g/mol. The van der Waals surface area contributed by atoms with Crippen molar-refractivity contribution in [3.8, 4) is 0 Å². The second-order valence-electron chi connectivity index (χ2n) is 5.46. The standard InChI is InChI=1S/C16H22O5/c1-10-13(17-2)15(18-3)14-12(20-10)9-19-16(21-14)11-7-5-4-6-8-11/h4-8,10,12-16H,9H2,1-3H3/t10-,12?,13?,14-,15+,16?/m0/s1. The Balaban J connectivity index is 1.78. The molecule has 2 saturated heterocycles. The Bertz CT molecular complexity index is 451. The van der Waals surface area contributed by atoms with Crippen LogP contribution in [0.2, 0.25) is 0 Å². The molecule has 0 saturated carbocycles. The Morgan fingerprint density at radius 2 is 1.71 bits per heavy atom. The SMILES string of the molecule is COC1[C@H](C)OC2COC(c3ccccc3)O[C@@H]2[C@@H]1OC. The molecule has 0 aromatic heterocycles. The lowest BCUT2D eigenvalue weighted by molar-refractivity contribution is -0.331. The average molecular weight is 294 g/mol. The third kappa shape index (κ3) is 2.84. The van der Waals surface area contributed by atoms with Gasteiger partial charge in [0.2, 0.25) is 0 Å². The van der Waals surface area contributed by atoms with Crippen molar-refractivity contribution in [2.45, 2.75) is 43.7 Å². The number of hydrogen-bond acceptors (Lipinski definition) is 5. The number of hydrogen-bond donors (Lipinski definition) is 0. The Kier molecular flexibility index (Phi) is 4.57. The maximum atomic E-state index is 6.11. The van der Waals surface area contributed by atoms with E-state index in [4.69, 9.17) is 23.7 Å². The van der Waals surface area contributed by atoms with Crippen molar-refractivity contribution < 1.29 is 23.7 Å². The van der Waals surface area contributed by atoms with Crippen molar-refractivity contribution in [3.63, 3.8) is 0 Å². The van der Waals surface area contributed by atoms with E-state index >= 15 is 0 Å². The van der Waals surface area contributed by atoms with E-state index in [2.05, 4.69) is 0 Å². The summed E-state index contributed by atoms with van der Waals surface area (Å²) >= 11 is 0. The summed E-state index contributed by atoms with van der Waals surface area (Å²) in [5.41, 5.74) is 0.999. The Labute approximate surface area is 125 Å². The summed E-state index contributed by atoms with van der Waals surface area (Å²) in [6.07, 6.45) is -1.09. The number of methoxy groups -OCH3 is 2. The first-order valence-electron chi connectivity index (χ1n) is 7.27. The molecule has 2 heterocycles. The zero-order valence-electron chi connectivity index (χ0n) is 12.6. The highest BCUT2D eigenvalue weighted by atomic mass is 16.7. The predicted molar refractivity (Wildman–Crippen MR) is 75.9 cm³/mol. The summed E-state index contributed by atoms with van der Waals surface area (Å²) in [7, 11) is 3.35. The molecule has 2 aliphatic rings. The highest BCUT2D eigenvalue weighted by Crippen LogP contribution is 2.35. The molecule has 1 aromatic carbocycles. The fourth-order valence-corrected chi connectivity index (χ4v) is 3.14. The van der Waals surface area contributed by atoms with Crippen molar-refractivity contribution >= 4 is 0 Å². The van der Waals surface area contributed by atoms with Crippen LogP contribution in [-0.4, -0.2) is 51.3 Å². The molecule has 0 N–H and O–H groups in total. The molecule has 0 spiro atoms. The molecule has 21 heavy (non-hydrogen) atoms. The number of fused-ring (bicyclic) bond motifs is 1. The lowest BCUT2D eigenvalue weighted by atomic mass is 9.94. The fourth-order valence-electron chi connectivity index (χ4n) is 3.14. The molecule has 116 valence electrons. The molecular formula is C16H22O5. The van der Waals surface area contributed by atoms with Crippen molar-refractivity contribution in [3.05, 3.63) is 35.9 Å². The molecule has 0 amide bonds. The third-order valence-corrected chi connectivity index (χ3v) is 4.17. The lowest BCUT2D eigenvalue weighted by Gasteiger charge is -2.48. The van der Waals surface area contributed by atoms with Crippen molar-refractivity contribution in [1.29, 1.82) is 0 Å². The second-order valence-corrected chi connectivity index (χ2v) is 5.46. The van der Waals surface area contributed by atoms with Crippen LogP contribution in [0.4, 0.5) is 0 Å². The van der Waals surface area contributed by atoms with Gasteiger partial charge in [-0.2, -0.15) is 0 Å². The van der Waals surface area contributed by atoms with Crippen LogP contribution in [0.15, 0.2) is 30.3 Å². The quantitative estimate of drug-likeness (QED) is 0.852. The second kappa shape index (κ2) is 6.42. The van der Waals surface area contributed by atoms with Crippen molar-refractivity contribution in [2.75, 3.05) is 20.8 Å². The summed E-state index contributed by atoms with van der Waals surface area (Å²) in [6.45, 7) is 2.48. The van der Waals surface area contributed by atoms with Crippen LogP contribution in [0.5, 0.6) is 0 Å². The smallest absolute Gasteiger partial charge is 0.184 e. The van der Waals surface area contributed by atoms with Gasteiger partial charge in [0.05, 0.1) is 12.7 Å². The predicted octanol–water partition coefficient (Wildman–Crippen LogP) is 1.92. The summed E-state index contributed by atoms with van der Waals surface area (Å²) < 4.78 is 29.0. The highest BCUT2D eigenvalue weighted by Gasteiger charge is 2.49. The minimum absolute atomic E-state index is 0.0540. The van der Waals surface area contributed by atoms with E-state index in [-0.39, 0.29) is 36.8 Å². The number of ether oxygens (including phenoxy) is 5. The summed E-state index contributed by atoms with van der Waals surface area (Å²) in [6, 6.07) is 9.90. The van der Waals surface area contributed by atoms with Crippen LogP contribution in [0, 0.1) is 0 Å². The normalized spacial score (nSPS) is 39.8. The molecule has 2 fully saturated rings. The molecule has 3 rings (SSSR count). The van der Waals surface area contributed by atoms with E-state index in [0.29, 0.717) is 6.61 Å². The van der Waals surface area contributed by atoms with Crippen LogP contribution < -0.4 is 0 Å². The van der Waals surface area contributed by atoms with E-state index in [9.17, 15) is 0 Å². The minimum Gasteiger partial charge on any atom is -0.376 e. The summed E-state index contributed by atoms with van der Waals surface area (Å²) in [5.74, 6) is 0. The van der Waals surface area contributed by atoms with Crippen molar-refractivity contribution in [2.24, 2.45) is 0 Å². The van der Waals surface area contributed by atoms with Gasteiger partial charge in [-0.1, -0.05) is 30.3 Å². The number of benzene rings is 1. The Hall–Kier alpha value is -0.980. The van der Waals surface area contributed by atoms with Gasteiger partial charge >= 0.3 is 0 Å². The molecule has 0 radical (unpaired) electrons. The van der Waals surface area contributed by atoms with E-state index in [0.717, 1.165) is 5.56 Å². The molecule has 3 unspecified atom stereocenters. The van der Waals surface area contributed by atoms with Crippen LogP contribution in [0.3, 0.4) is 0 Å². The average Bonchev–Trinajstić information content (AvgIpc) is 2.54. The van der Waals surface area contributed by atoms with E-state index in [1.807, 2.05) is 37.3 Å². The maximum absolute atomic E-state index is 6.11. The summed E-state index contributed by atoms with van der Waals surface area (Å²) in [4.78, 5) is 0. The molecular weight excluding hydrogens is 272 g/mol. The first-order valence-corrected chi connectivity index (χ1v) is 7.27. The molecule has 1 aromatic rings. The van der Waals surface area contributed by atoms with Crippen LogP contribution in [-0.2, 0) is 23.7 Å². The lowest BCUT2D eigenvalue weighted by Crippen LogP contribution is -2.62. The molecule has 0 aliphatic carbocycles. The first kappa shape index (κ1) is 14.9. The van der Waals surface area contributed by atoms with Gasteiger partial charge in [-0.15, -0.1) is 0 Å². The van der Waals surface area contributed by atoms with Gasteiger partial charge < -0.3 is 23.7 Å². The fraction of sp³-hybridized carbons (Fsp3) is 0.625.